The van der Waals surface area contributed by atoms with E-state index >= 15 is 8.78 Å². The van der Waals surface area contributed by atoms with E-state index in [1.165, 1.54) is 42.7 Å². The van der Waals surface area contributed by atoms with Gasteiger partial charge < -0.3 is 26.6 Å². The fourth-order valence-corrected chi connectivity index (χ4v) is 7.78. The highest BCUT2D eigenvalue weighted by Gasteiger charge is 2.53. The molecule has 0 spiro atoms. The zero-order chi connectivity index (χ0) is 20.7. The Morgan fingerprint density at radius 3 is 1.26 bits per heavy atom. The van der Waals surface area contributed by atoms with Crippen molar-refractivity contribution in [2.24, 2.45) is 17.8 Å². The van der Waals surface area contributed by atoms with Gasteiger partial charge in [-0.05, 0) is 31.6 Å². The van der Waals surface area contributed by atoms with Gasteiger partial charge in [0.1, 0.15) is 0 Å². The van der Waals surface area contributed by atoms with Crippen molar-refractivity contribution in [3.8, 4) is 0 Å². The minimum atomic E-state index is -2.86. The minimum absolute atomic E-state index is 0.229. The molecule has 6 nitrogen and oxygen atoms in total. The summed E-state index contributed by atoms with van der Waals surface area (Å²) in [6.07, 6.45) is 1.62. The van der Waals surface area contributed by atoms with Crippen LogP contribution in [0, 0.1) is 17.8 Å². The first-order valence-electron chi connectivity index (χ1n) is 9.36. The molecule has 0 aliphatic heterocycles. The van der Waals surface area contributed by atoms with Gasteiger partial charge in [0.05, 0.1) is 0 Å². The van der Waals surface area contributed by atoms with E-state index < -0.39 is 35.4 Å². The molecule has 1 saturated carbocycles. The van der Waals surface area contributed by atoms with Crippen LogP contribution in [-0.2, 0) is 26.6 Å². The lowest BCUT2D eigenvalue weighted by atomic mass is 9.71. The van der Waals surface area contributed by atoms with Crippen LogP contribution in [-0.4, -0.2) is 66.2 Å². The largest absolute Gasteiger partial charge is 0.500 e. The molecule has 0 bridgehead atoms. The van der Waals surface area contributed by atoms with E-state index in [1.807, 2.05) is 6.92 Å². The molecule has 0 heterocycles. The zero-order valence-corrected chi connectivity index (χ0v) is 19.7. The Morgan fingerprint density at radius 1 is 0.704 bits per heavy atom. The molecule has 0 aromatic rings. The van der Waals surface area contributed by atoms with E-state index in [0.29, 0.717) is 37.8 Å². The highest BCUT2D eigenvalue weighted by molar-refractivity contribution is 6.60. The lowest BCUT2D eigenvalue weighted by molar-refractivity contribution is -0.145. The number of rotatable bonds is 12. The second-order valence-electron chi connectivity index (χ2n) is 7.31. The molecule has 1 aliphatic rings. The number of hydrogen-bond acceptors (Lipinski definition) is 6. The smallest absolute Gasteiger partial charge is 0.377 e. The maximum absolute atomic E-state index is 15.3. The SMILES string of the molecule is CO[Si](CCC1CC(C)CC(CC[Si](OC)(OC)OC)C1(F)F)(OC)OC. The van der Waals surface area contributed by atoms with Crippen molar-refractivity contribution < 1.29 is 35.3 Å². The van der Waals surface area contributed by atoms with Gasteiger partial charge in [0.25, 0.3) is 5.92 Å². The fraction of sp³-hybridized carbons (Fsp3) is 1.00. The molecule has 0 amide bonds. The highest BCUT2D eigenvalue weighted by atomic mass is 28.4. The Labute approximate surface area is 164 Å². The van der Waals surface area contributed by atoms with E-state index in [9.17, 15) is 0 Å². The topological polar surface area (TPSA) is 55.4 Å². The van der Waals surface area contributed by atoms with Crippen molar-refractivity contribution in [2.75, 3.05) is 42.7 Å². The molecule has 27 heavy (non-hydrogen) atoms. The second kappa shape index (κ2) is 10.7. The average Bonchev–Trinajstić information content (AvgIpc) is 2.68. The van der Waals surface area contributed by atoms with Gasteiger partial charge in [-0.2, -0.15) is 0 Å². The standard InChI is InChI=1S/C17H36F2O6Si2/c1-14-12-15(8-10-26(20-2,21-3)22-4)17(18,19)16(13-14)9-11-27(23-5,24-6)25-7/h14-16H,8-13H2,1-7H3. The molecule has 1 rings (SSSR count). The summed E-state index contributed by atoms with van der Waals surface area (Å²) in [5.74, 6) is -3.98. The van der Waals surface area contributed by atoms with Gasteiger partial charge in [0.15, 0.2) is 0 Å². The summed E-state index contributed by atoms with van der Waals surface area (Å²) in [5.41, 5.74) is 0. The van der Waals surface area contributed by atoms with Crippen molar-refractivity contribution in [3.05, 3.63) is 0 Å². The third kappa shape index (κ3) is 6.02. The van der Waals surface area contributed by atoms with E-state index in [1.54, 1.807) is 0 Å². The molecule has 0 saturated heterocycles. The first-order chi connectivity index (χ1) is 12.7. The van der Waals surface area contributed by atoms with Crippen LogP contribution in [0.5, 0.6) is 0 Å². The Kier molecular flexibility index (Phi) is 9.96. The maximum atomic E-state index is 15.3. The lowest BCUT2D eigenvalue weighted by Gasteiger charge is -2.42. The van der Waals surface area contributed by atoms with Gasteiger partial charge >= 0.3 is 17.6 Å². The van der Waals surface area contributed by atoms with Crippen LogP contribution in [0.2, 0.25) is 12.1 Å². The van der Waals surface area contributed by atoms with Crippen LogP contribution < -0.4 is 0 Å². The summed E-state index contributed by atoms with van der Waals surface area (Å²) in [6.45, 7) is 2.04. The van der Waals surface area contributed by atoms with Crippen molar-refractivity contribution in [3.63, 3.8) is 0 Å². The predicted molar refractivity (Wildman–Crippen MR) is 103 cm³/mol. The molecule has 1 aliphatic carbocycles. The first-order valence-corrected chi connectivity index (χ1v) is 13.2. The molecular formula is C17H36F2O6Si2. The van der Waals surface area contributed by atoms with Gasteiger partial charge in [-0.25, -0.2) is 8.78 Å². The summed E-state index contributed by atoms with van der Waals surface area (Å²) < 4.78 is 62.9. The number of hydrogen-bond donors (Lipinski definition) is 0. The molecule has 0 aromatic carbocycles. The minimum Gasteiger partial charge on any atom is -0.377 e. The molecule has 0 N–H and O–H groups in total. The Hall–Kier alpha value is 0.0538. The third-order valence-electron chi connectivity index (χ3n) is 5.93. The highest BCUT2D eigenvalue weighted by Crippen LogP contribution is 2.49. The summed E-state index contributed by atoms with van der Waals surface area (Å²) in [4.78, 5) is 0. The van der Waals surface area contributed by atoms with Crippen LogP contribution in [0.15, 0.2) is 0 Å². The monoisotopic (exact) mass is 430 g/mol. The molecule has 0 aromatic heterocycles. The normalized spacial score (nSPS) is 26.3. The summed E-state index contributed by atoms with van der Waals surface area (Å²) in [6, 6.07) is 0.756. The van der Waals surface area contributed by atoms with Crippen LogP contribution in [0.1, 0.15) is 32.6 Å². The van der Waals surface area contributed by atoms with Gasteiger partial charge in [0.2, 0.25) is 0 Å². The van der Waals surface area contributed by atoms with E-state index in [-0.39, 0.29) is 5.92 Å². The van der Waals surface area contributed by atoms with Crippen molar-refractivity contribution in [1.29, 1.82) is 0 Å². The van der Waals surface area contributed by atoms with Gasteiger partial charge in [-0.1, -0.05) is 6.92 Å². The average molecular weight is 431 g/mol. The number of halogens is 2. The molecule has 162 valence electrons. The maximum Gasteiger partial charge on any atom is 0.500 e. The van der Waals surface area contributed by atoms with Gasteiger partial charge in [-0.15, -0.1) is 0 Å². The van der Waals surface area contributed by atoms with E-state index in [0.717, 1.165) is 0 Å². The van der Waals surface area contributed by atoms with Gasteiger partial charge in [-0.3, -0.25) is 0 Å². The van der Waals surface area contributed by atoms with Gasteiger partial charge in [0, 0.05) is 66.6 Å². The Morgan fingerprint density at radius 2 is 1.00 bits per heavy atom. The number of alkyl halides is 2. The molecular weight excluding hydrogens is 394 g/mol. The van der Waals surface area contributed by atoms with Crippen LogP contribution in [0.4, 0.5) is 8.78 Å². The fourth-order valence-electron chi connectivity index (χ4n) is 4.15. The van der Waals surface area contributed by atoms with Crippen LogP contribution in [0.25, 0.3) is 0 Å². The van der Waals surface area contributed by atoms with Crippen LogP contribution in [0.3, 0.4) is 0 Å². The zero-order valence-electron chi connectivity index (χ0n) is 17.7. The quantitative estimate of drug-likeness (QED) is 0.439. The van der Waals surface area contributed by atoms with E-state index in [4.69, 9.17) is 26.6 Å². The molecule has 1 fully saturated rings. The summed E-state index contributed by atoms with van der Waals surface area (Å²) >= 11 is 0. The molecule has 2 atom stereocenters. The van der Waals surface area contributed by atoms with Crippen LogP contribution >= 0.6 is 0 Å². The molecule has 10 heteroatoms. The summed E-state index contributed by atoms with van der Waals surface area (Å²) in [7, 11) is 3.33. The Balaban J connectivity index is 2.84. The third-order valence-corrected chi connectivity index (χ3v) is 11.5. The Bertz CT molecular complexity index is 383. The molecule has 0 radical (unpaired) electrons. The van der Waals surface area contributed by atoms with E-state index in [2.05, 4.69) is 0 Å². The first kappa shape index (κ1) is 25.1. The predicted octanol–water partition coefficient (Wildman–Crippen LogP) is 3.82. The lowest BCUT2D eigenvalue weighted by Crippen LogP contribution is -2.48. The van der Waals surface area contributed by atoms with Crippen molar-refractivity contribution in [2.45, 2.75) is 50.6 Å². The van der Waals surface area contributed by atoms with Crippen molar-refractivity contribution >= 4 is 17.6 Å². The summed E-state index contributed by atoms with van der Waals surface area (Å²) in [5, 5.41) is 0. The van der Waals surface area contributed by atoms with Crippen molar-refractivity contribution in [1.82, 2.24) is 0 Å². The molecule has 2 unspecified atom stereocenters. The second-order valence-corrected chi connectivity index (χ2v) is 13.5.